The summed E-state index contributed by atoms with van der Waals surface area (Å²) in [6.45, 7) is 0.610. The zero-order valence-electron chi connectivity index (χ0n) is 11.7. The van der Waals surface area contributed by atoms with Crippen molar-refractivity contribution >= 4 is 5.69 Å². The average Bonchev–Trinajstić information content (AvgIpc) is 2.96. The van der Waals surface area contributed by atoms with Gasteiger partial charge in [-0.25, -0.2) is 9.67 Å². The van der Waals surface area contributed by atoms with Gasteiger partial charge in [-0.05, 0) is 18.2 Å². The van der Waals surface area contributed by atoms with Crippen LogP contribution in [0.25, 0.3) is 11.4 Å². The lowest BCUT2D eigenvalue weighted by Crippen LogP contribution is -2.02. The zero-order valence-corrected chi connectivity index (χ0v) is 11.7. The molecular formula is C16H16N4O. The molecule has 0 fully saturated rings. The lowest BCUT2D eigenvalue weighted by atomic mass is 10.2. The monoisotopic (exact) mass is 280 g/mol. The molecule has 0 atom stereocenters. The SMILES string of the molecule is COc1ccccc1Cn1cnc(-c2cccc(N)c2)n1. The van der Waals surface area contributed by atoms with Crippen LogP contribution in [-0.2, 0) is 6.54 Å². The fraction of sp³-hybridized carbons (Fsp3) is 0.125. The van der Waals surface area contributed by atoms with Crippen molar-refractivity contribution in [2.75, 3.05) is 12.8 Å². The highest BCUT2D eigenvalue weighted by atomic mass is 16.5. The van der Waals surface area contributed by atoms with Crippen LogP contribution in [0.15, 0.2) is 54.9 Å². The van der Waals surface area contributed by atoms with Crippen LogP contribution < -0.4 is 10.5 Å². The van der Waals surface area contributed by atoms with Crippen molar-refractivity contribution in [3.05, 3.63) is 60.4 Å². The van der Waals surface area contributed by atoms with Crippen molar-refractivity contribution in [3.63, 3.8) is 0 Å². The van der Waals surface area contributed by atoms with Crippen LogP contribution >= 0.6 is 0 Å². The van der Waals surface area contributed by atoms with Crippen LogP contribution in [0.1, 0.15) is 5.56 Å². The fourth-order valence-electron chi connectivity index (χ4n) is 2.19. The van der Waals surface area contributed by atoms with E-state index < -0.39 is 0 Å². The molecule has 2 aromatic carbocycles. The lowest BCUT2D eigenvalue weighted by Gasteiger charge is -2.07. The first-order valence-corrected chi connectivity index (χ1v) is 6.63. The summed E-state index contributed by atoms with van der Waals surface area (Å²) in [7, 11) is 1.67. The summed E-state index contributed by atoms with van der Waals surface area (Å²) < 4.78 is 7.13. The number of ether oxygens (including phenoxy) is 1. The number of nitrogens with zero attached hydrogens (tertiary/aromatic N) is 3. The Hall–Kier alpha value is -2.82. The van der Waals surface area contributed by atoms with Gasteiger partial charge in [0.25, 0.3) is 0 Å². The summed E-state index contributed by atoms with van der Waals surface area (Å²) in [6, 6.07) is 15.4. The third-order valence-electron chi connectivity index (χ3n) is 3.21. The van der Waals surface area contributed by atoms with Crippen LogP contribution in [-0.4, -0.2) is 21.9 Å². The summed E-state index contributed by atoms with van der Waals surface area (Å²) in [4.78, 5) is 4.33. The molecule has 0 aliphatic heterocycles. The molecule has 0 amide bonds. The van der Waals surface area contributed by atoms with Gasteiger partial charge in [0.15, 0.2) is 5.82 Å². The van der Waals surface area contributed by atoms with Gasteiger partial charge in [0.05, 0.1) is 13.7 Å². The second-order valence-electron chi connectivity index (χ2n) is 4.70. The van der Waals surface area contributed by atoms with Crippen molar-refractivity contribution in [1.82, 2.24) is 14.8 Å². The standard InChI is InChI=1S/C16H16N4O/c1-21-15-8-3-2-5-13(15)10-20-11-18-16(19-20)12-6-4-7-14(17)9-12/h2-9,11H,10,17H2,1H3. The van der Waals surface area contributed by atoms with Crippen molar-refractivity contribution in [2.45, 2.75) is 6.54 Å². The lowest BCUT2D eigenvalue weighted by molar-refractivity contribution is 0.407. The maximum atomic E-state index is 5.79. The van der Waals surface area contributed by atoms with Gasteiger partial charge in [0, 0.05) is 16.8 Å². The van der Waals surface area contributed by atoms with Crippen LogP contribution in [0.4, 0.5) is 5.69 Å². The third kappa shape index (κ3) is 2.86. The topological polar surface area (TPSA) is 66.0 Å². The summed E-state index contributed by atoms with van der Waals surface area (Å²) in [5, 5.41) is 4.49. The number of methoxy groups -OCH3 is 1. The molecule has 0 spiro atoms. The number of para-hydroxylation sites is 1. The molecule has 0 radical (unpaired) electrons. The third-order valence-corrected chi connectivity index (χ3v) is 3.21. The average molecular weight is 280 g/mol. The molecule has 2 N–H and O–H groups in total. The number of nitrogen functional groups attached to an aromatic ring is 1. The fourth-order valence-corrected chi connectivity index (χ4v) is 2.19. The Labute approximate surface area is 123 Å². The largest absolute Gasteiger partial charge is 0.496 e. The molecule has 0 bridgehead atoms. The summed E-state index contributed by atoms with van der Waals surface area (Å²) in [5.74, 6) is 1.51. The minimum atomic E-state index is 0.610. The minimum Gasteiger partial charge on any atom is -0.496 e. The van der Waals surface area contributed by atoms with Gasteiger partial charge < -0.3 is 10.5 Å². The van der Waals surface area contributed by atoms with E-state index in [0.717, 1.165) is 16.9 Å². The Morgan fingerprint density at radius 2 is 2.00 bits per heavy atom. The first-order chi connectivity index (χ1) is 10.3. The van der Waals surface area contributed by atoms with Gasteiger partial charge in [0.2, 0.25) is 0 Å². The Morgan fingerprint density at radius 3 is 2.81 bits per heavy atom. The second kappa shape index (κ2) is 5.66. The van der Waals surface area contributed by atoms with E-state index in [1.54, 1.807) is 18.1 Å². The molecule has 1 aromatic heterocycles. The number of anilines is 1. The van der Waals surface area contributed by atoms with Crippen LogP contribution in [0.3, 0.4) is 0 Å². The molecule has 5 heteroatoms. The molecule has 3 aromatic rings. The number of rotatable bonds is 4. The molecule has 21 heavy (non-hydrogen) atoms. The normalized spacial score (nSPS) is 10.5. The van der Waals surface area contributed by atoms with Crippen LogP contribution in [0.2, 0.25) is 0 Å². The van der Waals surface area contributed by atoms with Gasteiger partial charge >= 0.3 is 0 Å². The van der Waals surface area contributed by atoms with Gasteiger partial charge in [-0.3, -0.25) is 0 Å². The maximum Gasteiger partial charge on any atom is 0.181 e. The number of hydrogen-bond donors (Lipinski definition) is 1. The van der Waals surface area contributed by atoms with Crippen LogP contribution in [0, 0.1) is 0 Å². The molecule has 106 valence electrons. The van der Waals surface area contributed by atoms with E-state index in [0.29, 0.717) is 18.1 Å². The van der Waals surface area contributed by atoms with Crippen molar-refractivity contribution in [3.8, 4) is 17.1 Å². The first-order valence-electron chi connectivity index (χ1n) is 6.63. The number of benzene rings is 2. The Bertz CT molecular complexity index is 751. The van der Waals surface area contributed by atoms with Crippen molar-refractivity contribution in [1.29, 1.82) is 0 Å². The molecule has 5 nitrogen and oxygen atoms in total. The number of nitrogens with two attached hydrogens (primary N) is 1. The molecule has 1 heterocycles. The quantitative estimate of drug-likeness (QED) is 0.746. The molecule has 0 unspecified atom stereocenters. The van der Waals surface area contributed by atoms with Crippen LogP contribution in [0.5, 0.6) is 5.75 Å². The molecule has 0 saturated heterocycles. The summed E-state index contributed by atoms with van der Waals surface area (Å²) in [6.07, 6.45) is 1.71. The highest BCUT2D eigenvalue weighted by molar-refractivity contribution is 5.60. The predicted octanol–water partition coefficient (Wildman–Crippen LogP) is 2.58. The molecule has 0 aliphatic rings. The van der Waals surface area contributed by atoms with Gasteiger partial charge in [-0.2, -0.15) is 5.10 Å². The molecule has 0 aliphatic carbocycles. The van der Waals surface area contributed by atoms with E-state index in [4.69, 9.17) is 10.5 Å². The van der Waals surface area contributed by atoms with E-state index in [-0.39, 0.29) is 0 Å². The number of hydrogen-bond acceptors (Lipinski definition) is 4. The van der Waals surface area contributed by atoms with Crippen molar-refractivity contribution < 1.29 is 4.74 Å². The first kappa shape index (κ1) is 13.2. The van der Waals surface area contributed by atoms with E-state index in [2.05, 4.69) is 10.1 Å². The Balaban J connectivity index is 1.85. The number of aromatic nitrogens is 3. The van der Waals surface area contributed by atoms with E-state index in [9.17, 15) is 0 Å². The Kier molecular flexibility index (Phi) is 3.55. The van der Waals surface area contributed by atoms with Gasteiger partial charge in [-0.15, -0.1) is 0 Å². The van der Waals surface area contributed by atoms with E-state index >= 15 is 0 Å². The molecule has 3 rings (SSSR count). The van der Waals surface area contributed by atoms with Gasteiger partial charge in [-0.1, -0.05) is 30.3 Å². The summed E-state index contributed by atoms with van der Waals surface area (Å²) >= 11 is 0. The smallest absolute Gasteiger partial charge is 0.181 e. The van der Waals surface area contributed by atoms with E-state index in [1.807, 2.05) is 48.5 Å². The predicted molar refractivity (Wildman–Crippen MR) is 82.0 cm³/mol. The maximum absolute atomic E-state index is 5.79. The van der Waals surface area contributed by atoms with Gasteiger partial charge in [0.1, 0.15) is 12.1 Å². The second-order valence-corrected chi connectivity index (χ2v) is 4.70. The highest BCUT2D eigenvalue weighted by Gasteiger charge is 2.07. The summed E-state index contributed by atoms with van der Waals surface area (Å²) in [5.41, 5.74) is 8.46. The van der Waals surface area contributed by atoms with Crippen molar-refractivity contribution in [2.24, 2.45) is 0 Å². The zero-order chi connectivity index (χ0) is 14.7. The molecular weight excluding hydrogens is 264 g/mol. The minimum absolute atomic E-state index is 0.610. The Morgan fingerprint density at radius 1 is 1.14 bits per heavy atom. The van der Waals surface area contributed by atoms with E-state index in [1.165, 1.54) is 0 Å². The molecule has 0 saturated carbocycles. The highest BCUT2D eigenvalue weighted by Crippen LogP contribution is 2.20.